The van der Waals surface area contributed by atoms with Gasteiger partial charge in [-0.05, 0) is 31.4 Å². The fraction of sp³-hybridized carbons (Fsp3) is 0.538. The lowest BCUT2D eigenvalue weighted by atomic mass is 10.0. The van der Waals surface area contributed by atoms with Crippen LogP contribution in [-0.2, 0) is 11.3 Å². The van der Waals surface area contributed by atoms with Crippen molar-refractivity contribution >= 4 is 5.69 Å². The molecule has 2 atom stereocenters. The minimum atomic E-state index is -0.243. The highest BCUT2D eigenvalue weighted by molar-refractivity contribution is 5.40. The van der Waals surface area contributed by atoms with Crippen LogP contribution in [0.25, 0.3) is 0 Å². The van der Waals surface area contributed by atoms with Gasteiger partial charge in [0.15, 0.2) is 0 Å². The summed E-state index contributed by atoms with van der Waals surface area (Å²) in [4.78, 5) is 0. The fourth-order valence-electron chi connectivity index (χ4n) is 2.09. The van der Waals surface area contributed by atoms with Crippen molar-refractivity contribution in [1.29, 1.82) is 0 Å². The van der Waals surface area contributed by atoms with E-state index in [1.807, 2.05) is 0 Å². The Morgan fingerprint density at radius 3 is 3.06 bits per heavy atom. The Labute approximate surface area is 101 Å². The lowest BCUT2D eigenvalue weighted by Crippen LogP contribution is -2.33. The van der Waals surface area contributed by atoms with Gasteiger partial charge in [0.1, 0.15) is 5.82 Å². The molecule has 4 heteroatoms. The molecule has 0 amide bonds. The van der Waals surface area contributed by atoms with Crippen molar-refractivity contribution in [2.24, 2.45) is 5.92 Å². The lowest BCUT2D eigenvalue weighted by molar-refractivity contribution is 0.178. The smallest absolute Gasteiger partial charge is 0.129 e. The highest BCUT2D eigenvalue weighted by atomic mass is 19.1. The molecular weight excluding hydrogens is 219 g/mol. The molecule has 2 unspecified atom stereocenters. The number of benzene rings is 1. The van der Waals surface area contributed by atoms with Gasteiger partial charge in [-0.25, -0.2) is 4.39 Å². The number of nitrogen functional groups attached to an aromatic ring is 1. The average Bonchev–Trinajstić information content (AvgIpc) is 2.81. The highest BCUT2D eigenvalue weighted by Crippen LogP contribution is 2.17. The van der Waals surface area contributed by atoms with Crippen molar-refractivity contribution in [3.8, 4) is 0 Å². The summed E-state index contributed by atoms with van der Waals surface area (Å²) in [6.07, 6.45) is 1.08. The third kappa shape index (κ3) is 3.17. The Morgan fingerprint density at radius 2 is 2.41 bits per heavy atom. The Balaban J connectivity index is 1.88. The van der Waals surface area contributed by atoms with Gasteiger partial charge < -0.3 is 15.8 Å². The van der Waals surface area contributed by atoms with Crippen molar-refractivity contribution in [2.45, 2.75) is 25.9 Å². The number of nitrogens with one attached hydrogen (secondary N) is 1. The van der Waals surface area contributed by atoms with Gasteiger partial charge in [-0.15, -0.1) is 0 Å². The maximum atomic E-state index is 13.5. The fourth-order valence-corrected chi connectivity index (χ4v) is 2.09. The Morgan fingerprint density at radius 1 is 1.59 bits per heavy atom. The molecule has 1 heterocycles. The second kappa shape index (κ2) is 5.47. The molecule has 0 saturated carbocycles. The molecule has 0 bridgehead atoms. The van der Waals surface area contributed by atoms with E-state index in [0.717, 1.165) is 19.6 Å². The standard InChI is InChI=1S/C13H19FN2O/c1-9(11-4-5-17-8-11)16-7-10-2-3-12(15)6-13(10)14/h2-3,6,9,11,16H,4-5,7-8,15H2,1H3. The van der Waals surface area contributed by atoms with E-state index in [1.54, 1.807) is 12.1 Å². The van der Waals surface area contributed by atoms with Crippen LogP contribution in [0, 0.1) is 11.7 Å². The van der Waals surface area contributed by atoms with Crippen molar-refractivity contribution in [3.63, 3.8) is 0 Å². The number of hydrogen-bond donors (Lipinski definition) is 2. The van der Waals surface area contributed by atoms with Gasteiger partial charge in [0.2, 0.25) is 0 Å². The molecule has 1 aromatic rings. The van der Waals surface area contributed by atoms with Crippen LogP contribution in [0.15, 0.2) is 18.2 Å². The van der Waals surface area contributed by atoms with E-state index in [-0.39, 0.29) is 5.82 Å². The molecule has 0 radical (unpaired) electrons. The van der Waals surface area contributed by atoms with Crippen LogP contribution in [0.3, 0.4) is 0 Å². The molecule has 94 valence electrons. The molecule has 0 aromatic heterocycles. The summed E-state index contributed by atoms with van der Waals surface area (Å²) < 4.78 is 18.9. The molecule has 3 N–H and O–H groups in total. The summed E-state index contributed by atoms with van der Waals surface area (Å²) in [6.45, 7) is 4.30. The summed E-state index contributed by atoms with van der Waals surface area (Å²) in [7, 11) is 0. The zero-order valence-corrected chi connectivity index (χ0v) is 10.1. The summed E-state index contributed by atoms with van der Waals surface area (Å²) >= 11 is 0. The topological polar surface area (TPSA) is 47.3 Å². The third-order valence-corrected chi connectivity index (χ3v) is 3.36. The van der Waals surface area contributed by atoms with Crippen LogP contribution >= 0.6 is 0 Å². The van der Waals surface area contributed by atoms with Gasteiger partial charge in [0.05, 0.1) is 6.61 Å². The molecular formula is C13H19FN2O. The number of halogens is 1. The Bertz CT molecular complexity index is 378. The molecule has 1 saturated heterocycles. The van der Waals surface area contributed by atoms with Gasteiger partial charge in [-0.3, -0.25) is 0 Å². The summed E-state index contributed by atoms with van der Waals surface area (Å²) in [5.41, 5.74) is 6.63. The third-order valence-electron chi connectivity index (χ3n) is 3.36. The van der Waals surface area contributed by atoms with E-state index in [4.69, 9.17) is 10.5 Å². The van der Waals surface area contributed by atoms with Gasteiger partial charge in [0, 0.05) is 30.4 Å². The van der Waals surface area contributed by atoms with Crippen LogP contribution in [-0.4, -0.2) is 19.3 Å². The van der Waals surface area contributed by atoms with Crippen LogP contribution in [0.2, 0.25) is 0 Å². The molecule has 1 fully saturated rings. The van der Waals surface area contributed by atoms with E-state index in [1.165, 1.54) is 6.07 Å². The van der Waals surface area contributed by atoms with Crippen LogP contribution < -0.4 is 11.1 Å². The predicted octanol–water partition coefficient (Wildman–Crippen LogP) is 1.92. The zero-order chi connectivity index (χ0) is 12.3. The molecule has 1 aliphatic heterocycles. The molecule has 1 aliphatic rings. The number of hydrogen-bond acceptors (Lipinski definition) is 3. The first-order chi connectivity index (χ1) is 8.16. The van der Waals surface area contributed by atoms with Crippen LogP contribution in [0.1, 0.15) is 18.9 Å². The van der Waals surface area contributed by atoms with E-state index < -0.39 is 0 Å². The zero-order valence-electron chi connectivity index (χ0n) is 10.1. The molecule has 2 rings (SSSR count). The number of ether oxygens (including phenoxy) is 1. The quantitative estimate of drug-likeness (QED) is 0.788. The predicted molar refractivity (Wildman–Crippen MR) is 66.0 cm³/mol. The van der Waals surface area contributed by atoms with E-state index in [2.05, 4.69) is 12.2 Å². The minimum Gasteiger partial charge on any atom is -0.399 e. The number of anilines is 1. The van der Waals surface area contributed by atoms with E-state index in [0.29, 0.717) is 29.8 Å². The molecule has 0 aliphatic carbocycles. The van der Waals surface area contributed by atoms with Crippen LogP contribution in [0.4, 0.5) is 10.1 Å². The molecule has 1 aromatic carbocycles. The largest absolute Gasteiger partial charge is 0.399 e. The number of rotatable bonds is 4. The van der Waals surface area contributed by atoms with Gasteiger partial charge in [-0.1, -0.05) is 6.07 Å². The van der Waals surface area contributed by atoms with Crippen molar-refractivity contribution in [2.75, 3.05) is 18.9 Å². The lowest BCUT2D eigenvalue weighted by Gasteiger charge is -2.19. The summed E-state index contributed by atoms with van der Waals surface area (Å²) in [5, 5.41) is 3.34. The number of nitrogens with two attached hydrogens (primary N) is 1. The maximum Gasteiger partial charge on any atom is 0.129 e. The van der Waals surface area contributed by atoms with E-state index >= 15 is 0 Å². The maximum absolute atomic E-state index is 13.5. The SMILES string of the molecule is CC(NCc1ccc(N)cc1F)C1CCOC1. The second-order valence-electron chi connectivity index (χ2n) is 4.64. The van der Waals surface area contributed by atoms with Gasteiger partial charge >= 0.3 is 0 Å². The first kappa shape index (κ1) is 12.3. The molecule has 0 spiro atoms. The van der Waals surface area contributed by atoms with Gasteiger partial charge in [-0.2, -0.15) is 0 Å². The first-order valence-corrected chi connectivity index (χ1v) is 6.02. The second-order valence-corrected chi connectivity index (χ2v) is 4.64. The van der Waals surface area contributed by atoms with Crippen molar-refractivity contribution < 1.29 is 9.13 Å². The summed E-state index contributed by atoms with van der Waals surface area (Å²) in [6, 6.07) is 5.16. The normalized spacial score (nSPS) is 21.6. The first-order valence-electron chi connectivity index (χ1n) is 6.02. The Kier molecular flexibility index (Phi) is 3.97. The minimum absolute atomic E-state index is 0.243. The summed E-state index contributed by atoms with van der Waals surface area (Å²) in [5.74, 6) is 0.291. The highest BCUT2D eigenvalue weighted by Gasteiger charge is 2.21. The van der Waals surface area contributed by atoms with Gasteiger partial charge in [0.25, 0.3) is 0 Å². The monoisotopic (exact) mass is 238 g/mol. The van der Waals surface area contributed by atoms with Crippen LogP contribution in [0.5, 0.6) is 0 Å². The van der Waals surface area contributed by atoms with Crippen molar-refractivity contribution in [1.82, 2.24) is 5.32 Å². The van der Waals surface area contributed by atoms with E-state index in [9.17, 15) is 4.39 Å². The molecule has 3 nitrogen and oxygen atoms in total. The van der Waals surface area contributed by atoms with Crippen molar-refractivity contribution in [3.05, 3.63) is 29.6 Å². The Hall–Kier alpha value is -1.13. The molecule has 17 heavy (non-hydrogen) atoms. The average molecular weight is 238 g/mol.